The molecule has 0 radical (unpaired) electrons. The molecule has 1 aliphatic heterocycles. The molecule has 1 aliphatic rings. The van der Waals surface area contributed by atoms with E-state index in [1.165, 1.54) is 22.8 Å². The van der Waals surface area contributed by atoms with Crippen molar-refractivity contribution in [1.82, 2.24) is 14.3 Å². The average Bonchev–Trinajstić information content (AvgIpc) is 3.11. The van der Waals surface area contributed by atoms with Crippen LogP contribution in [0.15, 0.2) is 35.1 Å². The summed E-state index contributed by atoms with van der Waals surface area (Å²) in [4.78, 5) is 25.5. The van der Waals surface area contributed by atoms with Gasteiger partial charge in [0.1, 0.15) is 23.9 Å². The number of nitrogens with zero attached hydrogens (tertiary/aromatic N) is 3. The van der Waals surface area contributed by atoms with Gasteiger partial charge in [-0.25, -0.2) is 9.18 Å². The summed E-state index contributed by atoms with van der Waals surface area (Å²) >= 11 is 12.0. The lowest BCUT2D eigenvalue weighted by Gasteiger charge is -2.16. The Labute approximate surface area is 198 Å². The zero-order chi connectivity index (χ0) is 24.6. The molecule has 0 saturated heterocycles. The molecular formula is C20H14Cl2F4N4O4. The minimum Gasteiger partial charge on any atom is -0.483 e. The van der Waals surface area contributed by atoms with Gasteiger partial charge in [0.25, 0.3) is 5.91 Å². The summed E-state index contributed by atoms with van der Waals surface area (Å²) in [6.07, 6.45) is -4.75. The minimum absolute atomic E-state index is 0.000371. The van der Waals surface area contributed by atoms with Gasteiger partial charge in [-0.1, -0.05) is 29.3 Å². The molecule has 0 aliphatic carbocycles. The van der Waals surface area contributed by atoms with Crippen LogP contribution in [0.5, 0.6) is 5.75 Å². The van der Waals surface area contributed by atoms with E-state index in [2.05, 4.69) is 10.4 Å². The van der Waals surface area contributed by atoms with Gasteiger partial charge in [0.15, 0.2) is 12.4 Å². The lowest BCUT2D eigenvalue weighted by atomic mass is 10.1. The molecular weight excluding hydrogens is 507 g/mol. The number of benzene rings is 2. The Morgan fingerprint density at radius 1 is 1.24 bits per heavy atom. The van der Waals surface area contributed by atoms with Gasteiger partial charge < -0.3 is 14.8 Å². The predicted octanol–water partition coefficient (Wildman–Crippen LogP) is 4.20. The number of para-hydroxylation sites is 1. The number of carbonyl (C=O) groups excluding carboxylic acids is 1. The first kappa shape index (κ1) is 24.0. The normalized spacial score (nSPS) is 13.5. The number of ether oxygens (including phenoxy) is 2. The topological polar surface area (TPSA) is 87.4 Å². The van der Waals surface area contributed by atoms with Crippen molar-refractivity contribution in [3.8, 4) is 11.4 Å². The second kappa shape index (κ2) is 9.28. The minimum atomic E-state index is -4.75. The summed E-state index contributed by atoms with van der Waals surface area (Å²) in [5, 5.41) is 6.42. The van der Waals surface area contributed by atoms with Gasteiger partial charge in [-0.3, -0.25) is 9.36 Å². The van der Waals surface area contributed by atoms with Crippen LogP contribution >= 0.6 is 23.2 Å². The van der Waals surface area contributed by atoms with Crippen LogP contribution in [-0.4, -0.2) is 39.6 Å². The standard InChI is InChI=1S/C20H14Cl2F4N4O4/c21-11-2-1-3-12(22)17(11)27-18(31)10-6-13(23)14(7-15(10)34-9-20(24,25)26)30-19(32)29-4-5-33-8-16(29)28-30/h1-3,6-7H,4-5,8-9H2,(H,27,31). The maximum absolute atomic E-state index is 15.0. The van der Waals surface area contributed by atoms with E-state index in [-0.39, 0.29) is 41.3 Å². The molecule has 1 aromatic heterocycles. The first-order chi connectivity index (χ1) is 16.0. The molecule has 1 amide bonds. The fourth-order valence-electron chi connectivity index (χ4n) is 3.20. The maximum Gasteiger partial charge on any atom is 0.422 e. The predicted molar refractivity (Wildman–Crippen MR) is 113 cm³/mol. The quantitative estimate of drug-likeness (QED) is 0.509. The number of carbonyl (C=O) groups is 1. The maximum atomic E-state index is 15.0. The number of nitrogens with one attached hydrogen (secondary N) is 1. The number of hydrogen-bond acceptors (Lipinski definition) is 5. The third-order valence-corrected chi connectivity index (χ3v) is 5.37. The SMILES string of the molecule is O=C(Nc1c(Cl)cccc1Cl)c1cc(F)c(-n2nc3n(c2=O)CCOC3)cc1OCC(F)(F)F. The molecule has 34 heavy (non-hydrogen) atoms. The zero-order valence-corrected chi connectivity index (χ0v) is 18.5. The first-order valence-electron chi connectivity index (χ1n) is 9.60. The van der Waals surface area contributed by atoms with Crippen LogP contribution in [0.3, 0.4) is 0 Å². The largest absolute Gasteiger partial charge is 0.483 e. The molecule has 8 nitrogen and oxygen atoms in total. The van der Waals surface area contributed by atoms with Crippen LogP contribution in [0.2, 0.25) is 10.0 Å². The molecule has 0 unspecified atom stereocenters. The van der Waals surface area contributed by atoms with Crippen LogP contribution < -0.4 is 15.7 Å². The Morgan fingerprint density at radius 2 is 1.94 bits per heavy atom. The number of aromatic nitrogens is 3. The van der Waals surface area contributed by atoms with Crippen molar-refractivity contribution < 1.29 is 31.8 Å². The van der Waals surface area contributed by atoms with E-state index in [0.717, 1.165) is 6.07 Å². The molecule has 0 saturated carbocycles. The van der Waals surface area contributed by atoms with Crippen LogP contribution in [0.4, 0.5) is 23.2 Å². The summed E-state index contributed by atoms with van der Waals surface area (Å²) in [5.41, 5.74) is -1.84. The van der Waals surface area contributed by atoms with Crippen molar-refractivity contribution in [2.45, 2.75) is 19.3 Å². The summed E-state index contributed by atoms with van der Waals surface area (Å²) in [7, 11) is 0. The van der Waals surface area contributed by atoms with Gasteiger partial charge >= 0.3 is 11.9 Å². The number of amides is 1. The van der Waals surface area contributed by atoms with E-state index < -0.39 is 47.2 Å². The number of hydrogen-bond donors (Lipinski definition) is 1. The third kappa shape index (κ3) is 4.88. The average molecular weight is 521 g/mol. The van der Waals surface area contributed by atoms with Gasteiger partial charge in [0, 0.05) is 6.07 Å². The summed E-state index contributed by atoms with van der Waals surface area (Å²) < 4.78 is 65.4. The molecule has 14 heteroatoms. The Bertz CT molecular complexity index is 1300. The molecule has 2 heterocycles. The van der Waals surface area contributed by atoms with E-state index in [0.29, 0.717) is 10.7 Å². The number of halogens is 6. The molecule has 0 atom stereocenters. The fraction of sp³-hybridized carbons (Fsp3) is 0.250. The molecule has 0 spiro atoms. The van der Waals surface area contributed by atoms with Gasteiger partial charge in [0.2, 0.25) is 0 Å². The Morgan fingerprint density at radius 3 is 2.59 bits per heavy atom. The number of fused-ring (bicyclic) bond motifs is 1. The lowest BCUT2D eigenvalue weighted by molar-refractivity contribution is -0.153. The highest BCUT2D eigenvalue weighted by molar-refractivity contribution is 6.40. The highest BCUT2D eigenvalue weighted by Crippen LogP contribution is 2.32. The van der Waals surface area contributed by atoms with Crippen molar-refractivity contribution in [2.24, 2.45) is 0 Å². The Kier molecular flexibility index (Phi) is 6.56. The van der Waals surface area contributed by atoms with Crippen molar-refractivity contribution in [1.29, 1.82) is 0 Å². The van der Waals surface area contributed by atoms with E-state index in [4.69, 9.17) is 32.7 Å². The van der Waals surface area contributed by atoms with Gasteiger partial charge in [0.05, 0.1) is 34.4 Å². The summed E-state index contributed by atoms with van der Waals surface area (Å²) in [5.74, 6) is -2.57. The molecule has 1 N–H and O–H groups in total. The first-order valence-corrected chi connectivity index (χ1v) is 10.4. The van der Waals surface area contributed by atoms with Crippen LogP contribution in [0, 0.1) is 5.82 Å². The second-order valence-electron chi connectivity index (χ2n) is 7.07. The van der Waals surface area contributed by atoms with Crippen molar-refractivity contribution in [3.63, 3.8) is 0 Å². The highest BCUT2D eigenvalue weighted by atomic mass is 35.5. The number of alkyl halides is 3. The van der Waals surface area contributed by atoms with E-state index >= 15 is 4.39 Å². The molecule has 0 bridgehead atoms. The molecule has 3 aromatic rings. The number of rotatable bonds is 5. The van der Waals surface area contributed by atoms with E-state index in [1.807, 2.05) is 0 Å². The smallest absolute Gasteiger partial charge is 0.422 e. The second-order valence-corrected chi connectivity index (χ2v) is 7.88. The summed E-state index contributed by atoms with van der Waals surface area (Å²) in [6, 6.07) is 5.79. The molecule has 0 fully saturated rings. The van der Waals surface area contributed by atoms with Crippen molar-refractivity contribution in [3.05, 3.63) is 68.1 Å². The van der Waals surface area contributed by atoms with Crippen LogP contribution in [-0.2, 0) is 17.9 Å². The Hall–Kier alpha value is -3.09. The van der Waals surface area contributed by atoms with Crippen LogP contribution in [0.1, 0.15) is 16.2 Å². The van der Waals surface area contributed by atoms with Gasteiger partial charge in [-0.15, -0.1) is 5.10 Å². The molecule has 180 valence electrons. The molecule has 2 aromatic carbocycles. The van der Waals surface area contributed by atoms with Crippen LogP contribution in [0.25, 0.3) is 5.69 Å². The number of anilines is 1. The van der Waals surface area contributed by atoms with Crippen molar-refractivity contribution >= 4 is 34.8 Å². The highest BCUT2D eigenvalue weighted by Gasteiger charge is 2.30. The van der Waals surface area contributed by atoms with Gasteiger partial charge in [-0.2, -0.15) is 17.9 Å². The third-order valence-electron chi connectivity index (χ3n) is 4.74. The van der Waals surface area contributed by atoms with E-state index in [9.17, 15) is 22.8 Å². The lowest BCUT2D eigenvalue weighted by Crippen LogP contribution is -2.29. The zero-order valence-electron chi connectivity index (χ0n) is 17.0. The Balaban J connectivity index is 1.78. The summed E-state index contributed by atoms with van der Waals surface area (Å²) in [6.45, 7) is -1.36. The van der Waals surface area contributed by atoms with Gasteiger partial charge in [-0.05, 0) is 18.2 Å². The monoisotopic (exact) mass is 520 g/mol. The molecule has 4 rings (SSSR count). The van der Waals surface area contributed by atoms with Crippen molar-refractivity contribution in [2.75, 3.05) is 18.5 Å². The fourth-order valence-corrected chi connectivity index (χ4v) is 3.70. The van der Waals surface area contributed by atoms with E-state index in [1.54, 1.807) is 0 Å².